The second-order valence-corrected chi connectivity index (χ2v) is 14.5. The highest BCUT2D eigenvalue weighted by molar-refractivity contribution is 6.29. The van der Waals surface area contributed by atoms with Gasteiger partial charge < -0.3 is 6.15 Å². The third kappa shape index (κ3) is 2.85. The molecule has 0 saturated carbocycles. The topological polar surface area (TPSA) is 35.0 Å². The first-order valence-electron chi connectivity index (χ1n) is 15.9. The predicted octanol–water partition coefficient (Wildman–Crippen LogP) is 11.7. The zero-order chi connectivity index (χ0) is 29.0. The Kier molecular flexibility index (Phi) is 4.82. The van der Waals surface area contributed by atoms with E-state index >= 15 is 0 Å². The van der Waals surface area contributed by atoms with Crippen LogP contribution in [0, 0.1) is 0 Å². The molecular weight excluding hydrogens is 530 g/mol. The van der Waals surface area contributed by atoms with E-state index in [1.807, 2.05) is 0 Å². The molecule has 0 amide bonds. The van der Waals surface area contributed by atoms with Gasteiger partial charge in [-0.05, 0) is 111 Å². The normalized spacial score (nSPS) is 18.0. The Bertz CT molecular complexity index is 2440. The zero-order valence-corrected chi connectivity index (χ0v) is 26.2. The molecule has 44 heavy (non-hydrogen) atoms. The first-order valence-corrected chi connectivity index (χ1v) is 15.9. The Labute approximate surface area is 259 Å². The number of hydrogen-bond donors (Lipinski definition) is 1. The standard InChI is InChI=1S/C43H34.H3N/c1-23-20-24-14-16-29-31(21-24)30(23)22-35-37(29)39-28-13-9-8-12-27(28)38-36-26-11-7-6-10-25(26)15-17-32(36)42(2,3)33-18-19-34(43(35,4)5)41(39)40(33)38;/h6-19,21-23H,20H2,1-5H3;1H3. The molecule has 0 aliphatic heterocycles. The Morgan fingerprint density at radius 1 is 0.500 bits per heavy atom. The lowest BCUT2D eigenvalue weighted by atomic mass is 9.60. The van der Waals surface area contributed by atoms with E-state index in [1.54, 1.807) is 0 Å². The lowest BCUT2D eigenvalue weighted by Crippen LogP contribution is -2.28. The third-order valence-corrected chi connectivity index (χ3v) is 11.6. The Morgan fingerprint density at radius 2 is 1.05 bits per heavy atom. The van der Waals surface area contributed by atoms with E-state index in [1.165, 1.54) is 98.7 Å². The first-order chi connectivity index (χ1) is 20.8. The van der Waals surface area contributed by atoms with Crippen molar-refractivity contribution in [2.24, 2.45) is 0 Å². The van der Waals surface area contributed by atoms with Gasteiger partial charge in [0, 0.05) is 10.8 Å². The number of fused-ring (bicyclic) bond motifs is 11. The van der Waals surface area contributed by atoms with Crippen LogP contribution >= 0.6 is 0 Å². The van der Waals surface area contributed by atoms with E-state index in [-0.39, 0.29) is 17.0 Å². The summed E-state index contributed by atoms with van der Waals surface area (Å²) in [5.74, 6) is 0.541. The van der Waals surface area contributed by atoms with Crippen molar-refractivity contribution in [3.8, 4) is 22.3 Å². The van der Waals surface area contributed by atoms with Crippen LogP contribution in [-0.4, -0.2) is 0 Å². The monoisotopic (exact) mass is 567 g/mol. The average molecular weight is 568 g/mol. The summed E-state index contributed by atoms with van der Waals surface area (Å²) in [7, 11) is 0. The molecule has 0 saturated heterocycles. The highest BCUT2D eigenvalue weighted by atomic mass is 14.4. The Balaban J connectivity index is 0.00000270. The van der Waals surface area contributed by atoms with Crippen molar-refractivity contribution in [3.63, 3.8) is 0 Å². The van der Waals surface area contributed by atoms with E-state index in [0.717, 1.165) is 6.42 Å². The molecule has 3 aliphatic carbocycles. The summed E-state index contributed by atoms with van der Waals surface area (Å²) in [6.07, 6.45) is 1.13. The van der Waals surface area contributed by atoms with Gasteiger partial charge in [0.15, 0.2) is 0 Å². The van der Waals surface area contributed by atoms with E-state index < -0.39 is 0 Å². The van der Waals surface area contributed by atoms with E-state index in [9.17, 15) is 0 Å². The lowest BCUT2D eigenvalue weighted by molar-refractivity contribution is 0.632. The van der Waals surface area contributed by atoms with Gasteiger partial charge in [-0.1, -0.05) is 132 Å². The molecule has 0 fully saturated rings. The van der Waals surface area contributed by atoms with Crippen LogP contribution in [0.2, 0.25) is 0 Å². The molecule has 10 rings (SSSR count). The highest BCUT2D eigenvalue weighted by Gasteiger charge is 2.42. The minimum Gasteiger partial charge on any atom is -0.344 e. The molecule has 3 aliphatic rings. The fraction of sp³-hybridized carbons (Fsp3) is 0.209. The Morgan fingerprint density at radius 3 is 1.73 bits per heavy atom. The van der Waals surface area contributed by atoms with Crippen LogP contribution in [0.1, 0.15) is 73.9 Å². The molecule has 3 N–H and O–H groups in total. The van der Waals surface area contributed by atoms with Crippen molar-refractivity contribution in [2.75, 3.05) is 0 Å². The quantitative estimate of drug-likeness (QED) is 0.182. The van der Waals surface area contributed by atoms with Gasteiger partial charge in [-0.2, -0.15) is 0 Å². The second kappa shape index (κ2) is 8.17. The second-order valence-electron chi connectivity index (χ2n) is 14.5. The van der Waals surface area contributed by atoms with Gasteiger partial charge in [-0.3, -0.25) is 0 Å². The maximum atomic E-state index is 2.59. The van der Waals surface area contributed by atoms with Crippen LogP contribution in [0.15, 0.2) is 97.1 Å². The van der Waals surface area contributed by atoms with Gasteiger partial charge in [0.2, 0.25) is 0 Å². The minimum absolute atomic E-state index is 0. The maximum absolute atomic E-state index is 2.59. The molecule has 1 nitrogen and oxygen atoms in total. The van der Waals surface area contributed by atoms with Crippen LogP contribution in [-0.2, 0) is 17.3 Å². The molecule has 1 heteroatoms. The lowest BCUT2D eigenvalue weighted by Gasteiger charge is -2.42. The summed E-state index contributed by atoms with van der Waals surface area (Å²) in [6, 6.07) is 37.9. The van der Waals surface area contributed by atoms with Crippen molar-refractivity contribution < 1.29 is 0 Å². The van der Waals surface area contributed by atoms with Gasteiger partial charge in [-0.15, -0.1) is 0 Å². The zero-order valence-electron chi connectivity index (χ0n) is 26.2. The predicted molar refractivity (Wildman–Crippen MR) is 189 cm³/mol. The molecule has 0 heterocycles. The van der Waals surface area contributed by atoms with Crippen LogP contribution in [0.25, 0.3) is 65.3 Å². The summed E-state index contributed by atoms with van der Waals surface area (Å²) < 4.78 is 0. The molecule has 214 valence electrons. The average Bonchev–Trinajstić information content (AvgIpc) is 3.01. The Hall–Kier alpha value is -4.46. The van der Waals surface area contributed by atoms with Crippen molar-refractivity contribution in [3.05, 3.63) is 130 Å². The van der Waals surface area contributed by atoms with Gasteiger partial charge in [0.25, 0.3) is 0 Å². The van der Waals surface area contributed by atoms with Gasteiger partial charge in [-0.25, -0.2) is 0 Å². The van der Waals surface area contributed by atoms with Gasteiger partial charge in [0.1, 0.15) is 0 Å². The van der Waals surface area contributed by atoms with Crippen molar-refractivity contribution >= 4 is 43.1 Å². The fourth-order valence-corrected chi connectivity index (χ4v) is 9.48. The fourth-order valence-electron chi connectivity index (χ4n) is 9.48. The minimum atomic E-state index is -0.121. The molecule has 1 atom stereocenters. The summed E-state index contributed by atoms with van der Waals surface area (Å²) in [5, 5.41) is 11.2. The van der Waals surface area contributed by atoms with Crippen LogP contribution in [0.4, 0.5) is 0 Å². The van der Waals surface area contributed by atoms with Crippen LogP contribution in [0.5, 0.6) is 0 Å². The third-order valence-electron chi connectivity index (χ3n) is 11.6. The SMILES string of the molecule is CC1Cc2ccc3c4c(cc1c3c2)C(C)(C)c1ccc2c3c(c5ccccc5c-4c13)-c1c(ccc3ccccc13)C2(C)C.N. The molecule has 2 bridgehead atoms. The van der Waals surface area contributed by atoms with E-state index in [4.69, 9.17) is 0 Å². The van der Waals surface area contributed by atoms with E-state index in [0.29, 0.717) is 5.92 Å². The molecule has 0 radical (unpaired) electrons. The highest BCUT2D eigenvalue weighted by Crippen LogP contribution is 2.61. The van der Waals surface area contributed by atoms with Gasteiger partial charge >= 0.3 is 0 Å². The maximum Gasteiger partial charge on any atom is 0.0159 e. The smallest absolute Gasteiger partial charge is 0.0159 e. The summed E-state index contributed by atoms with van der Waals surface area (Å²) in [5.41, 5.74) is 14.3. The van der Waals surface area contributed by atoms with Gasteiger partial charge in [0.05, 0.1) is 0 Å². The van der Waals surface area contributed by atoms with Crippen LogP contribution in [0.3, 0.4) is 0 Å². The van der Waals surface area contributed by atoms with Crippen molar-refractivity contribution in [1.82, 2.24) is 6.15 Å². The number of benzene rings is 7. The summed E-state index contributed by atoms with van der Waals surface area (Å²) in [4.78, 5) is 0. The number of rotatable bonds is 0. The molecule has 0 aromatic heterocycles. The molecule has 0 spiro atoms. The molecular formula is C43H37N. The van der Waals surface area contributed by atoms with Crippen LogP contribution < -0.4 is 6.15 Å². The first kappa shape index (κ1) is 26.0. The molecule has 7 aromatic rings. The van der Waals surface area contributed by atoms with Crippen molar-refractivity contribution in [1.29, 1.82) is 0 Å². The molecule has 1 unspecified atom stereocenters. The largest absolute Gasteiger partial charge is 0.344 e. The number of hydrogen-bond acceptors (Lipinski definition) is 1. The summed E-state index contributed by atoms with van der Waals surface area (Å²) >= 11 is 0. The summed E-state index contributed by atoms with van der Waals surface area (Å²) in [6.45, 7) is 12.2. The van der Waals surface area contributed by atoms with Crippen molar-refractivity contribution in [2.45, 2.75) is 57.8 Å². The van der Waals surface area contributed by atoms with E-state index in [2.05, 4.69) is 132 Å². The molecule has 7 aromatic carbocycles.